The standard InChI is InChI=1S/C15H22N2O3/c1-16-6-2-4-15(14(18)19)5-7-17(10-13(15)16)9-12-3-8-20-11-12/h3,8,11,13H,2,4-7,9-10H2,1H3,(H,18,19)/t13-,15+/m1/s1. The number of furan rings is 1. The van der Waals surface area contributed by atoms with Gasteiger partial charge in [-0.1, -0.05) is 0 Å². The number of likely N-dealkylation sites (N-methyl/N-ethyl adjacent to an activating group) is 1. The summed E-state index contributed by atoms with van der Waals surface area (Å²) in [4.78, 5) is 16.4. The first kappa shape index (κ1) is 13.6. The van der Waals surface area contributed by atoms with Crippen molar-refractivity contribution < 1.29 is 14.3 Å². The maximum atomic E-state index is 11.8. The molecule has 1 aromatic rings. The average Bonchev–Trinajstić information content (AvgIpc) is 2.92. The minimum absolute atomic E-state index is 0.120. The van der Waals surface area contributed by atoms with E-state index < -0.39 is 11.4 Å². The molecule has 2 fully saturated rings. The predicted octanol–water partition coefficient (Wildman–Crippen LogP) is 1.65. The van der Waals surface area contributed by atoms with Crippen molar-refractivity contribution in [3.05, 3.63) is 24.2 Å². The maximum Gasteiger partial charge on any atom is 0.311 e. The topological polar surface area (TPSA) is 56.9 Å². The molecule has 0 saturated carbocycles. The van der Waals surface area contributed by atoms with Gasteiger partial charge < -0.3 is 14.4 Å². The smallest absolute Gasteiger partial charge is 0.311 e. The zero-order valence-electron chi connectivity index (χ0n) is 11.9. The molecule has 20 heavy (non-hydrogen) atoms. The fourth-order valence-electron chi connectivity index (χ4n) is 3.83. The van der Waals surface area contributed by atoms with Crippen molar-refractivity contribution in [1.29, 1.82) is 0 Å². The quantitative estimate of drug-likeness (QED) is 0.911. The highest BCUT2D eigenvalue weighted by Gasteiger charge is 2.52. The van der Waals surface area contributed by atoms with E-state index in [-0.39, 0.29) is 6.04 Å². The van der Waals surface area contributed by atoms with Gasteiger partial charge in [-0.2, -0.15) is 0 Å². The number of carbonyl (C=O) groups is 1. The van der Waals surface area contributed by atoms with E-state index in [1.165, 1.54) is 0 Å². The van der Waals surface area contributed by atoms with Crippen LogP contribution in [0.1, 0.15) is 24.8 Å². The van der Waals surface area contributed by atoms with Crippen molar-refractivity contribution in [2.45, 2.75) is 31.8 Å². The van der Waals surface area contributed by atoms with E-state index in [1.54, 1.807) is 12.5 Å². The highest BCUT2D eigenvalue weighted by atomic mass is 16.4. The molecule has 2 atom stereocenters. The summed E-state index contributed by atoms with van der Waals surface area (Å²) in [5.74, 6) is -0.614. The molecule has 2 saturated heterocycles. The predicted molar refractivity (Wildman–Crippen MR) is 74.3 cm³/mol. The highest BCUT2D eigenvalue weighted by Crippen LogP contribution is 2.42. The van der Waals surface area contributed by atoms with E-state index in [4.69, 9.17) is 4.42 Å². The second kappa shape index (κ2) is 5.22. The molecular formula is C15H22N2O3. The van der Waals surface area contributed by atoms with E-state index >= 15 is 0 Å². The molecule has 1 aromatic heterocycles. The van der Waals surface area contributed by atoms with Gasteiger partial charge in [-0.15, -0.1) is 0 Å². The average molecular weight is 278 g/mol. The van der Waals surface area contributed by atoms with Crippen molar-refractivity contribution in [2.24, 2.45) is 5.41 Å². The van der Waals surface area contributed by atoms with Crippen LogP contribution in [-0.4, -0.2) is 53.6 Å². The van der Waals surface area contributed by atoms with Gasteiger partial charge in [-0.25, -0.2) is 0 Å². The van der Waals surface area contributed by atoms with Crippen LogP contribution in [0.15, 0.2) is 23.0 Å². The van der Waals surface area contributed by atoms with Crippen molar-refractivity contribution >= 4 is 5.97 Å². The van der Waals surface area contributed by atoms with Crippen LogP contribution in [0, 0.1) is 5.41 Å². The molecule has 3 heterocycles. The Bertz CT molecular complexity index is 473. The summed E-state index contributed by atoms with van der Waals surface area (Å²) in [6.45, 7) is 3.52. The molecule has 0 aromatic carbocycles. The number of nitrogens with zero attached hydrogens (tertiary/aromatic N) is 2. The molecule has 0 radical (unpaired) electrons. The van der Waals surface area contributed by atoms with E-state index in [9.17, 15) is 9.90 Å². The van der Waals surface area contributed by atoms with Gasteiger partial charge in [-0.3, -0.25) is 9.69 Å². The monoisotopic (exact) mass is 278 g/mol. The van der Waals surface area contributed by atoms with Crippen LogP contribution in [0.3, 0.4) is 0 Å². The Hall–Kier alpha value is -1.33. The fraction of sp³-hybridized carbons (Fsp3) is 0.667. The number of carboxylic acids is 1. The first-order chi connectivity index (χ1) is 9.62. The van der Waals surface area contributed by atoms with E-state index in [0.717, 1.165) is 51.0 Å². The van der Waals surface area contributed by atoms with Crippen molar-refractivity contribution in [1.82, 2.24) is 9.80 Å². The Kier molecular flexibility index (Phi) is 3.56. The van der Waals surface area contributed by atoms with Gasteiger partial charge in [0.05, 0.1) is 17.9 Å². The Labute approximate surface area is 119 Å². The fourth-order valence-corrected chi connectivity index (χ4v) is 3.83. The Morgan fingerprint density at radius 3 is 3.05 bits per heavy atom. The van der Waals surface area contributed by atoms with Gasteiger partial charge in [-0.05, 0) is 45.5 Å². The van der Waals surface area contributed by atoms with E-state index in [0.29, 0.717) is 0 Å². The minimum Gasteiger partial charge on any atom is -0.481 e. The SMILES string of the molecule is CN1CCC[C@]2(C(=O)O)CCN(Cc3ccoc3)C[C@@H]12. The third kappa shape index (κ3) is 2.25. The van der Waals surface area contributed by atoms with Gasteiger partial charge >= 0.3 is 5.97 Å². The van der Waals surface area contributed by atoms with Crippen molar-refractivity contribution in [3.63, 3.8) is 0 Å². The van der Waals surface area contributed by atoms with Gasteiger partial charge in [0.25, 0.3) is 0 Å². The lowest BCUT2D eigenvalue weighted by molar-refractivity contribution is -0.162. The molecule has 2 aliphatic rings. The molecule has 2 aliphatic heterocycles. The zero-order valence-corrected chi connectivity index (χ0v) is 11.9. The van der Waals surface area contributed by atoms with Gasteiger partial charge in [0.15, 0.2) is 0 Å². The maximum absolute atomic E-state index is 11.8. The lowest BCUT2D eigenvalue weighted by Gasteiger charge is -2.51. The van der Waals surface area contributed by atoms with E-state index in [2.05, 4.69) is 16.8 Å². The van der Waals surface area contributed by atoms with Crippen LogP contribution < -0.4 is 0 Å². The number of fused-ring (bicyclic) bond motifs is 1. The van der Waals surface area contributed by atoms with Crippen LogP contribution >= 0.6 is 0 Å². The summed E-state index contributed by atoms with van der Waals surface area (Å²) < 4.78 is 5.11. The van der Waals surface area contributed by atoms with Gasteiger partial charge in [0, 0.05) is 24.7 Å². The molecule has 5 heteroatoms. The van der Waals surface area contributed by atoms with Crippen molar-refractivity contribution in [3.8, 4) is 0 Å². The molecule has 110 valence electrons. The summed E-state index contributed by atoms with van der Waals surface area (Å²) >= 11 is 0. The number of piperidine rings is 2. The van der Waals surface area contributed by atoms with Crippen LogP contribution in [0.5, 0.6) is 0 Å². The second-order valence-electron chi connectivity index (χ2n) is 6.18. The number of hydrogen-bond acceptors (Lipinski definition) is 4. The van der Waals surface area contributed by atoms with Crippen LogP contribution in [-0.2, 0) is 11.3 Å². The molecule has 5 nitrogen and oxygen atoms in total. The molecule has 0 bridgehead atoms. The van der Waals surface area contributed by atoms with E-state index in [1.807, 2.05) is 6.07 Å². The van der Waals surface area contributed by atoms with Crippen molar-refractivity contribution in [2.75, 3.05) is 26.7 Å². The van der Waals surface area contributed by atoms with Crippen LogP contribution in [0.25, 0.3) is 0 Å². The first-order valence-corrected chi connectivity index (χ1v) is 7.29. The minimum atomic E-state index is -0.614. The molecule has 0 unspecified atom stereocenters. The Morgan fingerprint density at radius 1 is 1.50 bits per heavy atom. The second-order valence-corrected chi connectivity index (χ2v) is 6.18. The van der Waals surface area contributed by atoms with Crippen LogP contribution in [0.4, 0.5) is 0 Å². The largest absolute Gasteiger partial charge is 0.481 e. The zero-order chi connectivity index (χ0) is 14.2. The summed E-state index contributed by atoms with van der Waals surface area (Å²) in [6.07, 6.45) is 6.00. The first-order valence-electron chi connectivity index (χ1n) is 7.29. The molecule has 0 aliphatic carbocycles. The summed E-state index contributed by atoms with van der Waals surface area (Å²) in [5, 5.41) is 9.72. The summed E-state index contributed by atoms with van der Waals surface area (Å²) in [7, 11) is 2.06. The number of hydrogen-bond donors (Lipinski definition) is 1. The summed E-state index contributed by atoms with van der Waals surface area (Å²) in [5.41, 5.74) is 0.617. The molecular weight excluding hydrogens is 256 g/mol. The Morgan fingerprint density at radius 2 is 2.35 bits per heavy atom. The third-order valence-electron chi connectivity index (χ3n) is 5.02. The third-order valence-corrected chi connectivity index (χ3v) is 5.02. The number of aliphatic carboxylic acids is 1. The van der Waals surface area contributed by atoms with Crippen LogP contribution in [0.2, 0.25) is 0 Å². The molecule has 0 amide bonds. The number of rotatable bonds is 3. The lowest BCUT2D eigenvalue weighted by Crippen LogP contribution is -2.62. The Balaban J connectivity index is 1.75. The van der Waals surface area contributed by atoms with Gasteiger partial charge in [0.2, 0.25) is 0 Å². The number of likely N-dealkylation sites (tertiary alicyclic amines) is 2. The molecule has 0 spiro atoms. The normalized spacial score (nSPS) is 31.9. The highest BCUT2D eigenvalue weighted by molar-refractivity contribution is 5.76. The number of carboxylic acid groups (broad SMARTS) is 1. The molecule has 3 rings (SSSR count). The molecule has 1 N–H and O–H groups in total. The lowest BCUT2D eigenvalue weighted by atomic mass is 9.68. The summed E-state index contributed by atoms with van der Waals surface area (Å²) in [6, 6.07) is 2.10. The van der Waals surface area contributed by atoms with Gasteiger partial charge in [0.1, 0.15) is 0 Å².